The van der Waals surface area contributed by atoms with Crippen molar-refractivity contribution >= 4 is 39.3 Å². The van der Waals surface area contributed by atoms with E-state index >= 15 is 0 Å². The van der Waals surface area contributed by atoms with Crippen LogP contribution in [0.25, 0.3) is 21.9 Å². The summed E-state index contributed by atoms with van der Waals surface area (Å²) < 4.78 is 5.35. The summed E-state index contributed by atoms with van der Waals surface area (Å²) in [6, 6.07) is 13.9. The van der Waals surface area contributed by atoms with Gasteiger partial charge in [0.1, 0.15) is 23.4 Å². The molecule has 4 heterocycles. The van der Waals surface area contributed by atoms with Crippen molar-refractivity contribution in [1.29, 1.82) is 0 Å². The van der Waals surface area contributed by atoms with E-state index in [1.165, 1.54) is 5.56 Å². The molecule has 34 heavy (non-hydrogen) atoms. The maximum atomic E-state index is 12.9. The molecule has 1 aliphatic heterocycles. The Labute approximate surface area is 194 Å². The molecule has 10 nitrogen and oxygen atoms in total. The van der Waals surface area contributed by atoms with Crippen LogP contribution in [0.4, 0.5) is 11.5 Å². The van der Waals surface area contributed by atoms with Crippen LogP contribution in [0.5, 0.6) is 5.75 Å². The molecule has 10 heteroatoms. The molecule has 1 amide bonds. The Morgan fingerprint density at radius 2 is 2.06 bits per heavy atom. The third kappa shape index (κ3) is 3.22. The number of hydrogen-bond donors (Lipinski definition) is 3. The molecule has 0 radical (unpaired) electrons. The minimum absolute atomic E-state index is 0.210. The number of H-pyrrole nitrogens is 2. The molecule has 0 aliphatic carbocycles. The van der Waals surface area contributed by atoms with Crippen LogP contribution in [0.15, 0.2) is 55.0 Å². The lowest BCUT2D eigenvalue weighted by Gasteiger charge is -2.19. The van der Waals surface area contributed by atoms with Crippen molar-refractivity contribution in [3.8, 4) is 5.75 Å². The first-order chi connectivity index (χ1) is 16.7. The van der Waals surface area contributed by atoms with Crippen LogP contribution >= 0.6 is 0 Å². The van der Waals surface area contributed by atoms with Gasteiger partial charge >= 0.3 is 0 Å². The second kappa shape index (κ2) is 8.14. The zero-order valence-electron chi connectivity index (χ0n) is 18.4. The normalized spacial score (nSPS) is 15.1. The number of anilines is 2. The number of ether oxygens (including phenoxy) is 1. The van der Waals surface area contributed by atoms with Gasteiger partial charge in [-0.3, -0.25) is 15.0 Å². The average molecular weight is 454 g/mol. The van der Waals surface area contributed by atoms with E-state index in [9.17, 15) is 4.79 Å². The standard InChI is InChI=1S/C24H22N8O2/c1-34-19-8-4-6-16-20(19)29-30-21(16)24(33)25-10-9-14-12-32(18-7-3-2-5-15(14)18)23-17-11-28-31-22(17)26-13-27-23/h2-8,11,13-14H,9-10,12H2,1H3,(H,25,33)(H,29,30)(H,26,27,28,31). The van der Waals surface area contributed by atoms with Gasteiger partial charge in [-0.05, 0) is 24.1 Å². The molecule has 5 aromatic rings. The van der Waals surface area contributed by atoms with Gasteiger partial charge in [0.15, 0.2) is 11.3 Å². The van der Waals surface area contributed by atoms with E-state index in [1.54, 1.807) is 19.6 Å². The number of methoxy groups -OCH3 is 1. The zero-order valence-corrected chi connectivity index (χ0v) is 18.4. The summed E-state index contributed by atoms with van der Waals surface area (Å²) in [6.07, 6.45) is 4.09. The Morgan fingerprint density at radius 3 is 2.97 bits per heavy atom. The highest BCUT2D eigenvalue weighted by molar-refractivity contribution is 6.05. The van der Waals surface area contributed by atoms with Crippen molar-refractivity contribution < 1.29 is 9.53 Å². The van der Waals surface area contributed by atoms with E-state index in [1.807, 2.05) is 30.3 Å². The molecule has 2 aromatic carbocycles. The minimum atomic E-state index is -0.210. The molecule has 0 fully saturated rings. The first-order valence-corrected chi connectivity index (χ1v) is 11.0. The molecule has 0 saturated heterocycles. The highest BCUT2D eigenvalue weighted by Gasteiger charge is 2.31. The molecule has 1 aliphatic rings. The lowest BCUT2D eigenvalue weighted by molar-refractivity contribution is 0.0949. The van der Waals surface area contributed by atoms with Crippen LogP contribution in [0, 0.1) is 0 Å². The van der Waals surface area contributed by atoms with E-state index in [4.69, 9.17) is 4.74 Å². The molecule has 6 rings (SSSR count). The monoisotopic (exact) mass is 454 g/mol. The predicted molar refractivity (Wildman–Crippen MR) is 127 cm³/mol. The van der Waals surface area contributed by atoms with Gasteiger partial charge in [-0.2, -0.15) is 10.2 Å². The van der Waals surface area contributed by atoms with Crippen molar-refractivity contribution in [2.45, 2.75) is 12.3 Å². The minimum Gasteiger partial charge on any atom is -0.494 e. The van der Waals surface area contributed by atoms with Crippen molar-refractivity contribution in [3.63, 3.8) is 0 Å². The summed E-state index contributed by atoms with van der Waals surface area (Å²) in [4.78, 5) is 23.9. The Hall–Kier alpha value is -4.47. The first kappa shape index (κ1) is 20.2. The van der Waals surface area contributed by atoms with Gasteiger partial charge in [-0.25, -0.2) is 9.97 Å². The molecule has 3 N–H and O–H groups in total. The van der Waals surface area contributed by atoms with E-state index < -0.39 is 0 Å². The smallest absolute Gasteiger partial charge is 0.272 e. The van der Waals surface area contributed by atoms with Crippen molar-refractivity contribution in [2.75, 3.05) is 25.1 Å². The van der Waals surface area contributed by atoms with Gasteiger partial charge in [0.25, 0.3) is 5.91 Å². The SMILES string of the molecule is COc1cccc2c(C(=O)NCCC3CN(c4ncnc5[nH]ncc45)c4ccccc43)n[nH]c12. The van der Waals surface area contributed by atoms with Gasteiger partial charge in [0.2, 0.25) is 0 Å². The number of amides is 1. The van der Waals surface area contributed by atoms with Crippen LogP contribution in [-0.4, -0.2) is 56.5 Å². The average Bonchev–Trinajstić information content (AvgIpc) is 3.60. The van der Waals surface area contributed by atoms with Crippen LogP contribution in [0.1, 0.15) is 28.4 Å². The first-order valence-electron chi connectivity index (χ1n) is 11.0. The molecule has 1 atom stereocenters. The number of hydrogen-bond acceptors (Lipinski definition) is 7. The number of carbonyl (C=O) groups is 1. The van der Waals surface area contributed by atoms with Crippen molar-refractivity contribution in [2.24, 2.45) is 0 Å². The molecule has 3 aromatic heterocycles. The molecule has 0 bridgehead atoms. The second-order valence-electron chi connectivity index (χ2n) is 8.20. The Bertz CT molecular complexity index is 1510. The predicted octanol–water partition coefficient (Wildman–Crippen LogP) is 3.29. The number of nitrogens with one attached hydrogen (secondary N) is 3. The summed E-state index contributed by atoms with van der Waals surface area (Å²) in [5.74, 6) is 1.51. The summed E-state index contributed by atoms with van der Waals surface area (Å²) in [5.41, 5.74) is 4.14. The highest BCUT2D eigenvalue weighted by atomic mass is 16.5. The zero-order chi connectivity index (χ0) is 23.1. The van der Waals surface area contributed by atoms with E-state index in [0.29, 0.717) is 29.2 Å². The van der Waals surface area contributed by atoms with Crippen molar-refractivity contribution in [3.05, 3.63) is 66.2 Å². The quantitative estimate of drug-likeness (QED) is 0.359. The van der Waals surface area contributed by atoms with Crippen LogP contribution in [-0.2, 0) is 0 Å². The van der Waals surface area contributed by atoms with E-state index in [-0.39, 0.29) is 11.8 Å². The number of benzene rings is 2. The summed E-state index contributed by atoms with van der Waals surface area (Å²) in [6.45, 7) is 1.28. The number of rotatable bonds is 6. The van der Waals surface area contributed by atoms with E-state index in [2.05, 4.69) is 52.7 Å². The van der Waals surface area contributed by atoms with Gasteiger partial charge in [0, 0.05) is 30.1 Å². The summed E-state index contributed by atoms with van der Waals surface area (Å²) in [7, 11) is 1.59. The summed E-state index contributed by atoms with van der Waals surface area (Å²) in [5, 5.41) is 18.8. The lowest BCUT2D eigenvalue weighted by atomic mass is 9.98. The van der Waals surface area contributed by atoms with Crippen molar-refractivity contribution in [1.82, 2.24) is 35.7 Å². The molecule has 170 valence electrons. The van der Waals surface area contributed by atoms with Crippen LogP contribution in [0.3, 0.4) is 0 Å². The third-order valence-electron chi connectivity index (χ3n) is 6.33. The summed E-state index contributed by atoms with van der Waals surface area (Å²) >= 11 is 0. The number of fused-ring (bicyclic) bond motifs is 3. The topological polar surface area (TPSA) is 125 Å². The lowest BCUT2D eigenvalue weighted by Crippen LogP contribution is -2.27. The maximum absolute atomic E-state index is 12.9. The number of aromatic nitrogens is 6. The fraction of sp³-hybridized carbons (Fsp3) is 0.208. The maximum Gasteiger partial charge on any atom is 0.272 e. The van der Waals surface area contributed by atoms with Gasteiger partial charge in [-0.1, -0.05) is 30.3 Å². The number of carbonyl (C=O) groups excluding carboxylic acids is 1. The third-order valence-corrected chi connectivity index (χ3v) is 6.33. The highest BCUT2D eigenvalue weighted by Crippen LogP contribution is 2.42. The molecular formula is C24H22N8O2. The molecule has 1 unspecified atom stereocenters. The Kier molecular flexibility index (Phi) is 4.83. The fourth-order valence-electron chi connectivity index (χ4n) is 4.71. The van der Waals surface area contributed by atoms with Crippen LogP contribution in [0.2, 0.25) is 0 Å². The number of nitrogens with zero attached hydrogens (tertiary/aromatic N) is 5. The Balaban J connectivity index is 1.19. The molecule has 0 spiro atoms. The number of para-hydroxylation sites is 2. The second-order valence-corrected chi connectivity index (χ2v) is 8.20. The van der Waals surface area contributed by atoms with Gasteiger partial charge < -0.3 is 15.0 Å². The van der Waals surface area contributed by atoms with E-state index in [0.717, 1.165) is 35.2 Å². The number of aromatic amines is 2. The van der Waals surface area contributed by atoms with Gasteiger partial charge in [-0.15, -0.1) is 0 Å². The molecular weight excluding hydrogens is 432 g/mol. The van der Waals surface area contributed by atoms with Crippen LogP contribution < -0.4 is 15.0 Å². The van der Waals surface area contributed by atoms with Gasteiger partial charge in [0.05, 0.1) is 18.7 Å². The molecule has 0 saturated carbocycles. The fourth-order valence-corrected chi connectivity index (χ4v) is 4.71. The largest absolute Gasteiger partial charge is 0.494 e. The Morgan fingerprint density at radius 1 is 1.15 bits per heavy atom.